The number of carboxylic acid groups (broad SMARTS) is 1. The van der Waals surface area contributed by atoms with Crippen LogP contribution in [-0.2, 0) is 25.6 Å². The molecule has 1 rings (SSSR count). The third kappa shape index (κ3) is 9.85. The smallest absolute Gasteiger partial charge is 0.325 e. The molecule has 0 spiro atoms. The molecule has 0 aliphatic heterocycles. The summed E-state index contributed by atoms with van der Waals surface area (Å²) in [5.41, 5.74) is 17.2. The summed E-state index contributed by atoms with van der Waals surface area (Å²) in [7, 11) is 0. The normalized spacial score (nSPS) is 14.4. The van der Waals surface area contributed by atoms with E-state index in [9.17, 15) is 19.2 Å². The van der Waals surface area contributed by atoms with Crippen LogP contribution in [-0.4, -0.2) is 75.4 Å². The van der Waals surface area contributed by atoms with Gasteiger partial charge in [0.05, 0.1) is 12.4 Å². The summed E-state index contributed by atoms with van der Waals surface area (Å²) in [5.74, 6) is -3.50. The van der Waals surface area contributed by atoms with Gasteiger partial charge in [0, 0.05) is 24.9 Å². The molecule has 0 saturated heterocycles. The zero-order valence-electron chi connectivity index (χ0n) is 19.6. The number of imidazole rings is 1. The second-order valence-electron chi connectivity index (χ2n) is 8.20. The van der Waals surface area contributed by atoms with E-state index in [1.54, 1.807) is 20.0 Å². The van der Waals surface area contributed by atoms with Gasteiger partial charge in [-0.1, -0.05) is 13.8 Å². The number of guanidine groups is 1. The Balaban J connectivity index is 2.87. The molecule has 0 aliphatic carbocycles. The van der Waals surface area contributed by atoms with E-state index in [0.29, 0.717) is 12.1 Å². The largest absolute Gasteiger partial charge is 0.480 e. The molecule has 34 heavy (non-hydrogen) atoms. The maximum atomic E-state index is 13.0. The first kappa shape index (κ1) is 28.4. The highest BCUT2D eigenvalue weighted by Gasteiger charge is 2.31. The Morgan fingerprint density at radius 2 is 1.76 bits per heavy atom. The SMILES string of the molecule is CC(NC(=O)C(CCCN=C(N)N)NC(=O)C(NC(=O)C(N)Cc1cnc[nH]1)C(C)C)C(=O)O. The van der Waals surface area contributed by atoms with E-state index < -0.39 is 47.9 Å². The number of aromatic amines is 1. The van der Waals surface area contributed by atoms with Gasteiger partial charge in [0.15, 0.2) is 5.96 Å². The van der Waals surface area contributed by atoms with Crippen molar-refractivity contribution in [1.82, 2.24) is 25.9 Å². The Morgan fingerprint density at radius 1 is 1.09 bits per heavy atom. The van der Waals surface area contributed by atoms with Crippen LogP contribution in [0.25, 0.3) is 0 Å². The highest BCUT2D eigenvalue weighted by atomic mass is 16.4. The molecule has 14 heteroatoms. The van der Waals surface area contributed by atoms with Gasteiger partial charge in [0.25, 0.3) is 0 Å². The fourth-order valence-corrected chi connectivity index (χ4v) is 2.93. The van der Waals surface area contributed by atoms with Gasteiger partial charge in [-0.3, -0.25) is 24.2 Å². The molecule has 1 aromatic heterocycles. The van der Waals surface area contributed by atoms with Crippen molar-refractivity contribution in [3.63, 3.8) is 0 Å². The molecule has 0 radical (unpaired) electrons. The van der Waals surface area contributed by atoms with Gasteiger partial charge in [-0.15, -0.1) is 0 Å². The lowest BCUT2D eigenvalue weighted by molar-refractivity contribution is -0.141. The lowest BCUT2D eigenvalue weighted by atomic mass is 10.0. The number of H-pyrrole nitrogens is 1. The van der Waals surface area contributed by atoms with Crippen LogP contribution < -0.4 is 33.2 Å². The maximum Gasteiger partial charge on any atom is 0.325 e. The molecule has 4 atom stereocenters. The Bertz CT molecular complexity index is 853. The van der Waals surface area contributed by atoms with Crippen LogP contribution in [0.4, 0.5) is 0 Å². The second kappa shape index (κ2) is 13.8. The fourth-order valence-electron chi connectivity index (χ4n) is 2.93. The number of carbonyl (C=O) groups excluding carboxylic acids is 3. The Hall–Kier alpha value is -3.68. The fraction of sp³-hybridized carbons (Fsp3) is 0.600. The van der Waals surface area contributed by atoms with Crippen molar-refractivity contribution in [2.45, 2.75) is 64.2 Å². The molecule has 0 saturated carbocycles. The number of carbonyl (C=O) groups is 4. The van der Waals surface area contributed by atoms with Crippen LogP contribution in [0, 0.1) is 5.92 Å². The van der Waals surface area contributed by atoms with Gasteiger partial charge in [0.2, 0.25) is 17.7 Å². The standard InChI is InChI=1S/C20H35N9O5/c1-10(2)15(29-16(30)13(21)7-12-8-24-9-26-12)18(32)28-14(5-4-6-25-20(22)23)17(31)27-11(3)19(33)34/h8-11,13-15H,4-7,21H2,1-3H3,(H,24,26)(H,27,31)(H,28,32)(H,29,30)(H,33,34)(H4,22,23,25). The first-order valence-electron chi connectivity index (χ1n) is 10.8. The highest BCUT2D eigenvalue weighted by Crippen LogP contribution is 2.07. The van der Waals surface area contributed by atoms with E-state index in [1.807, 2.05) is 0 Å². The van der Waals surface area contributed by atoms with Crippen molar-refractivity contribution in [1.29, 1.82) is 0 Å². The van der Waals surface area contributed by atoms with Crippen molar-refractivity contribution < 1.29 is 24.3 Å². The van der Waals surface area contributed by atoms with E-state index in [4.69, 9.17) is 22.3 Å². The number of nitrogens with zero attached hydrogens (tertiary/aromatic N) is 2. The van der Waals surface area contributed by atoms with Gasteiger partial charge in [-0.05, 0) is 25.7 Å². The third-order valence-electron chi connectivity index (χ3n) is 4.89. The molecule has 190 valence electrons. The summed E-state index contributed by atoms with van der Waals surface area (Å²) >= 11 is 0. The van der Waals surface area contributed by atoms with Crippen LogP contribution in [0.5, 0.6) is 0 Å². The molecule has 11 N–H and O–H groups in total. The number of carboxylic acids is 1. The zero-order chi connectivity index (χ0) is 25.8. The summed E-state index contributed by atoms with van der Waals surface area (Å²) in [4.78, 5) is 59.8. The van der Waals surface area contributed by atoms with Crippen LogP contribution in [0.15, 0.2) is 17.5 Å². The number of nitrogens with two attached hydrogens (primary N) is 3. The molecular formula is C20H35N9O5. The van der Waals surface area contributed by atoms with E-state index in [2.05, 4.69) is 30.9 Å². The number of hydrogen-bond acceptors (Lipinski definition) is 7. The Kier molecular flexibility index (Phi) is 11.5. The van der Waals surface area contributed by atoms with Gasteiger partial charge < -0.3 is 43.2 Å². The predicted octanol–water partition coefficient (Wildman–Crippen LogP) is -2.45. The molecule has 0 fully saturated rings. The molecule has 0 aliphatic rings. The quantitative estimate of drug-likeness (QED) is 0.0797. The topological polar surface area (TPSA) is 244 Å². The molecule has 0 bridgehead atoms. The predicted molar refractivity (Wildman–Crippen MR) is 124 cm³/mol. The first-order valence-corrected chi connectivity index (χ1v) is 10.8. The third-order valence-corrected chi connectivity index (χ3v) is 4.89. The lowest BCUT2D eigenvalue weighted by Gasteiger charge is -2.26. The number of aliphatic carboxylic acids is 1. The summed E-state index contributed by atoms with van der Waals surface area (Å²) in [6.07, 6.45) is 3.68. The average molecular weight is 482 g/mol. The van der Waals surface area contributed by atoms with Gasteiger partial charge in [0.1, 0.15) is 18.1 Å². The number of rotatable bonds is 14. The maximum absolute atomic E-state index is 13.0. The van der Waals surface area contributed by atoms with E-state index in [0.717, 1.165) is 0 Å². The Labute approximate surface area is 197 Å². The van der Waals surface area contributed by atoms with E-state index in [1.165, 1.54) is 13.3 Å². The minimum atomic E-state index is -1.22. The molecular weight excluding hydrogens is 446 g/mol. The number of aliphatic imine (C=N–C) groups is 1. The number of aromatic nitrogens is 2. The number of nitrogens with one attached hydrogen (secondary N) is 4. The van der Waals surface area contributed by atoms with Crippen molar-refractivity contribution in [3.05, 3.63) is 18.2 Å². The molecule has 4 unspecified atom stereocenters. The number of amides is 3. The van der Waals surface area contributed by atoms with Gasteiger partial charge >= 0.3 is 5.97 Å². The Morgan fingerprint density at radius 3 is 2.29 bits per heavy atom. The molecule has 1 heterocycles. The summed E-state index contributed by atoms with van der Waals surface area (Å²) in [5, 5.41) is 16.6. The minimum Gasteiger partial charge on any atom is -0.480 e. The molecule has 0 aromatic carbocycles. The summed E-state index contributed by atoms with van der Waals surface area (Å²) in [6.45, 7) is 4.97. The summed E-state index contributed by atoms with van der Waals surface area (Å²) in [6, 6.07) is -4.14. The molecule has 14 nitrogen and oxygen atoms in total. The zero-order valence-corrected chi connectivity index (χ0v) is 19.6. The monoisotopic (exact) mass is 481 g/mol. The second-order valence-corrected chi connectivity index (χ2v) is 8.20. The van der Waals surface area contributed by atoms with Crippen molar-refractivity contribution in [2.75, 3.05) is 6.54 Å². The van der Waals surface area contributed by atoms with Crippen molar-refractivity contribution in [3.8, 4) is 0 Å². The minimum absolute atomic E-state index is 0.112. The average Bonchev–Trinajstić information content (AvgIpc) is 3.25. The van der Waals surface area contributed by atoms with Gasteiger partial charge in [-0.25, -0.2) is 4.98 Å². The molecule has 1 aromatic rings. The number of hydrogen-bond donors (Lipinski definition) is 8. The molecule has 3 amide bonds. The van der Waals surface area contributed by atoms with E-state index >= 15 is 0 Å². The first-order chi connectivity index (χ1) is 15.9. The van der Waals surface area contributed by atoms with Crippen LogP contribution in [0.1, 0.15) is 39.3 Å². The van der Waals surface area contributed by atoms with Gasteiger partial charge in [-0.2, -0.15) is 0 Å². The van der Waals surface area contributed by atoms with E-state index in [-0.39, 0.29) is 31.3 Å². The van der Waals surface area contributed by atoms with Crippen molar-refractivity contribution in [2.24, 2.45) is 28.1 Å². The van der Waals surface area contributed by atoms with Crippen LogP contribution >= 0.6 is 0 Å². The lowest BCUT2D eigenvalue weighted by Crippen LogP contribution is -2.58. The highest BCUT2D eigenvalue weighted by molar-refractivity contribution is 5.94. The summed E-state index contributed by atoms with van der Waals surface area (Å²) < 4.78 is 0. The van der Waals surface area contributed by atoms with Crippen molar-refractivity contribution >= 4 is 29.7 Å². The van der Waals surface area contributed by atoms with Crippen LogP contribution in [0.3, 0.4) is 0 Å². The van der Waals surface area contributed by atoms with Crippen LogP contribution in [0.2, 0.25) is 0 Å².